The first-order valence-electron chi connectivity index (χ1n) is 6.15. The standard InChI is InChI=1S/C16H14BrClO2/c1-20-16(12-7-9-13(18)10-8-12)14(17)15(19)11-5-3-2-4-6-11/h2-10,14,16H,1H3. The Hall–Kier alpha value is -1.16. The number of ether oxygens (including phenoxy) is 1. The van der Waals surface area contributed by atoms with Crippen molar-refractivity contribution in [3.8, 4) is 0 Å². The van der Waals surface area contributed by atoms with Crippen molar-refractivity contribution in [2.75, 3.05) is 7.11 Å². The van der Waals surface area contributed by atoms with E-state index >= 15 is 0 Å². The fraction of sp³-hybridized carbons (Fsp3) is 0.188. The molecular weight excluding hydrogens is 340 g/mol. The van der Waals surface area contributed by atoms with E-state index in [1.54, 1.807) is 31.4 Å². The SMILES string of the molecule is COC(c1ccc(Cl)cc1)C(Br)C(=O)c1ccccc1. The van der Waals surface area contributed by atoms with E-state index in [9.17, 15) is 4.79 Å². The summed E-state index contributed by atoms with van der Waals surface area (Å²) in [6, 6.07) is 16.5. The minimum absolute atomic E-state index is 0.00704. The van der Waals surface area contributed by atoms with E-state index in [1.807, 2.05) is 30.3 Å². The van der Waals surface area contributed by atoms with E-state index in [0.717, 1.165) is 5.56 Å². The van der Waals surface area contributed by atoms with E-state index < -0.39 is 4.83 Å². The third-order valence-corrected chi connectivity index (χ3v) is 4.18. The largest absolute Gasteiger partial charge is 0.375 e. The highest BCUT2D eigenvalue weighted by atomic mass is 79.9. The van der Waals surface area contributed by atoms with Crippen LogP contribution >= 0.6 is 27.5 Å². The van der Waals surface area contributed by atoms with E-state index in [0.29, 0.717) is 10.6 Å². The quantitative estimate of drug-likeness (QED) is 0.576. The first-order valence-corrected chi connectivity index (χ1v) is 7.44. The van der Waals surface area contributed by atoms with Crippen LogP contribution in [0.25, 0.3) is 0 Å². The molecule has 0 aromatic heterocycles. The summed E-state index contributed by atoms with van der Waals surface area (Å²) in [6.07, 6.45) is -0.361. The molecule has 104 valence electrons. The minimum Gasteiger partial charge on any atom is -0.375 e. The molecule has 0 saturated carbocycles. The first kappa shape index (κ1) is 15.2. The summed E-state index contributed by atoms with van der Waals surface area (Å²) in [4.78, 5) is 12.0. The lowest BCUT2D eigenvalue weighted by molar-refractivity contribution is 0.0770. The summed E-state index contributed by atoms with van der Waals surface area (Å²) in [5.41, 5.74) is 1.56. The summed E-state index contributed by atoms with van der Waals surface area (Å²) in [5.74, 6) is -0.00704. The molecule has 0 amide bonds. The lowest BCUT2D eigenvalue weighted by Crippen LogP contribution is -2.24. The van der Waals surface area contributed by atoms with Crippen LogP contribution in [0.1, 0.15) is 22.0 Å². The molecule has 0 aliphatic heterocycles. The van der Waals surface area contributed by atoms with Gasteiger partial charge in [-0.15, -0.1) is 0 Å². The van der Waals surface area contributed by atoms with Crippen molar-refractivity contribution in [3.05, 3.63) is 70.7 Å². The van der Waals surface area contributed by atoms with Crippen molar-refractivity contribution in [1.82, 2.24) is 0 Å². The number of ketones is 1. The molecule has 0 aliphatic carbocycles. The molecule has 0 aliphatic rings. The minimum atomic E-state index is -0.448. The normalized spacial score (nSPS) is 13.8. The molecule has 0 radical (unpaired) electrons. The fourth-order valence-electron chi connectivity index (χ4n) is 1.98. The number of rotatable bonds is 5. The van der Waals surface area contributed by atoms with Gasteiger partial charge in [-0.25, -0.2) is 0 Å². The van der Waals surface area contributed by atoms with E-state index in [4.69, 9.17) is 16.3 Å². The number of hydrogen-bond acceptors (Lipinski definition) is 2. The number of methoxy groups -OCH3 is 1. The van der Waals surface area contributed by atoms with Gasteiger partial charge in [-0.3, -0.25) is 4.79 Å². The molecule has 2 unspecified atom stereocenters. The molecule has 2 rings (SSSR count). The van der Waals surface area contributed by atoms with Crippen LogP contribution in [-0.4, -0.2) is 17.7 Å². The summed E-state index contributed by atoms with van der Waals surface area (Å²) >= 11 is 9.33. The van der Waals surface area contributed by atoms with Gasteiger partial charge in [0.15, 0.2) is 5.78 Å². The maximum absolute atomic E-state index is 12.4. The third kappa shape index (κ3) is 3.48. The van der Waals surface area contributed by atoms with Crippen molar-refractivity contribution >= 4 is 33.3 Å². The lowest BCUT2D eigenvalue weighted by atomic mass is 10.00. The van der Waals surface area contributed by atoms with Crippen molar-refractivity contribution < 1.29 is 9.53 Å². The molecule has 2 aromatic carbocycles. The zero-order chi connectivity index (χ0) is 14.5. The predicted octanol–water partition coefficient (Wildman–Crippen LogP) is 4.67. The second-order valence-electron chi connectivity index (χ2n) is 4.34. The number of benzene rings is 2. The van der Waals surface area contributed by atoms with Gasteiger partial charge >= 0.3 is 0 Å². The molecule has 20 heavy (non-hydrogen) atoms. The third-order valence-electron chi connectivity index (χ3n) is 3.03. The highest BCUT2D eigenvalue weighted by Crippen LogP contribution is 2.29. The molecule has 2 atom stereocenters. The van der Waals surface area contributed by atoms with Gasteiger partial charge in [-0.05, 0) is 17.7 Å². The Kier molecular flexibility index (Phi) is 5.35. The van der Waals surface area contributed by atoms with Gasteiger partial charge in [0.1, 0.15) is 10.9 Å². The van der Waals surface area contributed by atoms with Crippen LogP contribution in [0.15, 0.2) is 54.6 Å². The Morgan fingerprint density at radius 3 is 2.25 bits per heavy atom. The molecule has 4 heteroatoms. The Balaban J connectivity index is 2.23. The Labute approximate surface area is 131 Å². The van der Waals surface area contributed by atoms with Gasteiger partial charge in [0, 0.05) is 17.7 Å². The molecule has 2 nitrogen and oxygen atoms in total. The Morgan fingerprint density at radius 2 is 1.70 bits per heavy atom. The average Bonchev–Trinajstić information content (AvgIpc) is 2.50. The molecular formula is C16H14BrClO2. The van der Waals surface area contributed by atoms with Gasteiger partial charge in [-0.1, -0.05) is 70.0 Å². The lowest BCUT2D eigenvalue weighted by Gasteiger charge is -2.21. The van der Waals surface area contributed by atoms with Crippen molar-refractivity contribution in [2.45, 2.75) is 10.9 Å². The molecule has 0 fully saturated rings. The van der Waals surface area contributed by atoms with Gasteiger partial charge in [0.05, 0.1) is 0 Å². The predicted molar refractivity (Wildman–Crippen MR) is 84.7 cm³/mol. The molecule has 2 aromatic rings. The summed E-state index contributed by atoms with van der Waals surface area (Å²) in [7, 11) is 1.59. The second kappa shape index (κ2) is 7.02. The summed E-state index contributed by atoms with van der Waals surface area (Å²) in [6.45, 7) is 0. The number of alkyl halides is 1. The smallest absolute Gasteiger partial charge is 0.179 e. The highest BCUT2D eigenvalue weighted by Gasteiger charge is 2.27. The van der Waals surface area contributed by atoms with Crippen LogP contribution in [0, 0.1) is 0 Å². The van der Waals surface area contributed by atoms with E-state index in [1.165, 1.54) is 0 Å². The highest BCUT2D eigenvalue weighted by molar-refractivity contribution is 9.10. The van der Waals surface area contributed by atoms with Crippen molar-refractivity contribution in [1.29, 1.82) is 0 Å². The maximum Gasteiger partial charge on any atom is 0.179 e. The van der Waals surface area contributed by atoms with E-state index in [2.05, 4.69) is 15.9 Å². The summed E-state index contributed by atoms with van der Waals surface area (Å²) < 4.78 is 5.47. The maximum atomic E-state index is 12.4. The fourth-order valence-corrected chi connectivity index (χ4v) is 2.89. The summed E-state index contributed by atoms with van der Waals surface area (Å²) in [5, 5.41) is 0.657. The molecule has 0 heterocycles. The topological polar surface area (TPSA) is 26.3 Å². The van der Waals surface area contributed by atoms with Crippen LogP contribution in [0.3, 0.4) is 0 Å². The molecule has 0 N–H and O–H groups in total. The molecule has 0 spiro atoms. The van der Waals surface area contributed by atoms with Gasteiger partial charge in [0.25, 0.3) is 0 Å². The van der Waals surface area contributed by atoms with Gasteiger partial charge in [-0.2, -0.15) is 0 Å². The van der Waals surface area contributed by atoms with E-state index in [-0.39, 0.29) is 11.9 Å². The number of carbonyl (C=O) groups is 1. The number of halogens is 2. The van der Waals surface area contributed by atoms with Crippen LogP contribution in [0.5, 0.6) is 0 Å². The Bertz CT molecular complexity index is 569. The zero-order valence-corrected chi connectivity index (χ0v) is 13.3. The number of Topliss-reactive ketones (excluding diaryl/α,β-unsaturated/α-hetero) is 1. The van der Waals surface area contributed by atoms with Gasteiger partial charge in [0.2, 0.25) is 0 Å². The van der Waals surface area contributed by atoms with Crippen LogP contribution in [-0.2, 0) is 4.74 Å². The van der Waals surface area contributed by atoms with Crippen LogP contribution < -0.4 is 0 Å². The van der Waals surface area contributed by atoms with Gasteiger partial charge < -0.3 is 4.74 Å². The van der Waals surface area contributed by atoms with Crippen molar-refractivity contribution in [2.24, 2.45) is 0 Å². The number of hydrogen-bond donors (Lipinski definition) is 0. The number of carbonyl (C=O) groups excluding carboxylic acids is 1. The van der Waals surface area contributed by atoms with Crippen LogP contribution in [0.4, 0.5) is 0 Å². The molecule has 0 saturated heterocycles. The monoisotopic (exact) mass is 352 g/mol. The first-order chi connectivity index (χ1) is 9.63. The van der Waals surface area contributed by atoms with Crippen molar-refractivity contribution in [3.63, 3.8) is 0 Å². The zero-order valence-electron chi connectivity index (χ0n) is 10.9. The second-order valence-corrected chi connectivity index (χ2v) is 5.76. The average molecular weight is 354 g/mol. The Morgan fingerprint density at radius 1 is 1.10 bits per heavy atom. The molecule has 0 bridgehead atoms. The van der Waals surface area contributed by atoms with Crippen LogP contribution in [0.2, 0.25) is 5.02 Å².